The van der Waals surface area contributed by atoms with E-state index in [2.05, 4.69) is 15.3 Å². The number of halogens is 1. The highest BCUT2D eigenvalue weighted by atomic mass is 35.5. The standard InChI is InChI=1S/C23H23ClN4O4S/c1-16-12-22(26-15-25-16)27-17-6-5-7-18(13-17)32-23(29)20-14-19(8-9-21(20)24)33(30,31)28-10-3-2-4-11-28/h5-9,12-15H,2-4,10-11H2,1H3,(H,25,26,27). The van der Waals surface area contributed by atoms with Gasteiger partial charge in [-0.2, -0.15) is 4.31 Å². The Morgan fingerprint density at radius 3 is 2.61 bits per heavy atom. The van der Waals surface area contributed by atoms with E-state index in [-0.39, 0.29) is 21.2 Å². The largest absolute Gasteiger partial charge is 0.423 e. The molecule has 0 atom stereocenters. The number of hydrogen-bond donors (Lipinski definition) is 1. The number of nitrogens with one attached hydrogen (secondary N) is 1. The number of piperidine rings is 1. The first-order chi connectivity index (χ1) is 15.8. The number of ether oxygens (including phenoxy) is 1. The van der Waals surface area contributed by atoms with Crippen LogP contribution in [0.5, 0.6) is 5.75 Å². The molecule has 1 aliphatic rings. The number of sulfonamides is 1. The fraction of sp³-hybridized carbons (Fsp3) is 0.261. The molecule has 1 aromatic heterocycles. The summed E-state index contributed by atoms with van der Waals surface area (Å²) in [7, 11) is -3.71. The number of hydrogen-bond acceptors (Lipinski definition) is 7. The lowest BCUT2D eigenvalue weighted by molar-refractivity contribution is 0.0735. The molecule has 1 aliphatic heterocycles. The number of rotatable bonds is 6. The number of aromatic nitrogens is 2. The Kier molecular flexibility index (Phi) is 6.92. The Balaban J connectivity index is 1.53. The molecular weight excluding hydrogens is 464 g/mol. The topological polar surface area (TPSA) is 101 Å². The van der Waals surface area contributed by atoms with Gasteiger partial charge >= 0.3 is 5.97 Å². The van der Waals surface area contributed by atoms with Crippen LogP contribution in [-0.4, -0.2) is 41.7 Å². The van der Waals surface area contributed by atoms with E-state index in [1.54, 1.807) is 30.3 Å². The summed E-state index contributed by atoms with van der Waals surface area (Å²) in [6.07, 6.45) is 4.10. The Morgan fingerprint density at radius 1 is 1.06 bits per heavy atom. The van der Waals surface area contributed by atoms with Gasteiger partial charge in [0.15, 0.2) is 0 Å². The van der Waals surface area contributed by atoms with Gasteiger partial charge in [0.25, 0.3) is 0 Å². The van der Waals surface area contributed by atoms with Gasteiger partial charge in [0.2, 0.25) is 10.0 Å². The molecule has 0 saturated carbocycles. The van der Waals surface area contributed by atoms with Crippen LogP contribution in [0.3, 0.4) is 0 Å². The molecule has 172 valence electrons. The van der Waals surface area contributed by atoms with E-state index >= 15 is 0 Å². The molecular formula is C23H23ClN4O4S. The lowest BCUT2D eigenvalue weighted by atomic mass is 10.2. The number of anilines is 2. The average molecular weight is 487 g/mol. The number of carbonyl (C=O) groups excluding carboxylic acids is 1. The zero-order chi connectivity index (χ0) is 23.4. The van der Waals surface area contributed by atoms with Gasteiger partial charge in [0, 0.05) is 36.6 Å². The molecule has 0 amide bonds. The van der Waals surface area contributed by atoms with Gasteiger partial charge in [-0.1, -0.05) is 24.1 Å². The summed E-state index contributed by atoms with van der Waals surface area (Å²) < 4.78 is 32.9. The van der Waals surface area contributed by atoms with E-state index in [9.17, 15) is 13.2 Å². The molecule has 33 heavy (non-hydrogen) atoms. The van der Waals surface area contributed by atoms with Crippen molar-refractivity contribution in [1.29, 1.82) is 0 Å². The number of aryl methyl sites for hydroxylation is 1. The van der Waals surface area contributed by atoms with Crippen molar-refractivity contribution in [2.45, 2.75) is 31.1 Å². The minimum Gasteiger partial charge on any atom is -0.423 e. The summed E-state index contributed by atoms with van der Waals surface area (Å²) in [5.41, 5.74) is 1.45. The number of nitrogens with zero attached hydrogens (tertiary/aromatic N) is 3. The second kappa shape index (κ2) is 9.86. The Hall–Kier alpha value is -3.01. The van der Waals surface area contributed by atoms with Gasteiger partial charge in [-0.3, -0.25) is 0 Å². The monoisotopic (exact) mass is 486 g/mol. The second-order valence-electron chi connectivity index (χ2n) is 7.69. The first kappa shape index (κ1) is 23.2. The van der Waals surface area contributed by atoms with Gasteiger partial charge in [-0.25, -0.2) is 23.2 Å². The van der Waals surface area contributed by atoms with E-state index in [0.29, 0.717) is 24.6 Å². The van der Waals surface area contributed by atoms with Gasteiger partial charge in [0.1, 0.15) is 17.9 Å². The number of benzene rings is 2. The SMILES string of the molecule is Cc1cc(Nc2cccc(OC(=O)c3cc(S(=O)(=O)N4CCCCC4)ccc3Cl)c2)ncn1. The minimum atomic E-state index is -3.71. The normalized spacial score (nSPS) is 14.6. The Bertz CT molecular complexity index is 1280. The predicted octanol–water partition coefficient (Wildman–Crippen LogP) is 4.58. The van der Waals surface area contributed by atoms with E-state index in [1.807, 2.05) is 6.92 Å². The third-order valence-corrected chi connectivity index (χ3v) is 7.46. The minimum absolute atomic E-state index is 0.0143. The molecule has 3 aromatic rings. The molecule has 0 radical (unpaired) electrons. The van der Waals surface area contributed by atoms with Crippen molar-refractivity contribution in [2.75, 3.05) is 18.4 Å². The van der Waals surface area contributed by atoms with Crippen LogP contribution in [0.1, 0.15) is 35.3 Å². The van der Waals surface area contributed by atoms with Crippen LogP contribution in [0.2, 0.25) is 5.02 Å². The zero-order valence-corrected chi connectivity index (χ0v) is 19.6. The van der Waals surface area contributed by atoms with Crippen LogP contribution < -0.4 is 10.1 Å². The molecule has 8 nitrogen and oxygen atoms in total. The summed E-state index contributed by atoms with van der Waals surface area (Å²) in [5.74, 6) is 0.131. The molecule has 2 heterocycles. The van der Waals surface area contributed by atoms with Crippen LogP contribution in [0.15, 0.2) is 59.8 Å². The maximum absolute atomic E-state index is 13.0. The summed E-state index contributed by atoms with van der Waals surface area (Å²) in [6, 6.07) is 12.7. The molecule has 0 bridgehead atoms. The van der Waals surface area contributed by atoms with E-state index in [1.165, 1.54) is 28.8 Å². The Labute approximate surface area is 197 Å². The molecule has 0 spiro atoms. The average Bonchev–Trinajstić information content (AvgIpc) is 2.80. The van der Waals surface area contributed by atoms with E-state index in [0.717, 1.165) is 25.0 Å². The summed E-state index contributed by atoms with van der Waals surface area (Å²) in [5, 5.41) is 3.24. The van der Waals surface area contributed by atoms with E-state index in [4.69, 9.17) is 16.3 Å². The van der Waals surface area contributed by atoms with Crippen molar-refractivity contribution in [3.05, 3.63) is 71.1 Å². The van der Waals surface area contributed by atoms with Crippen molar-refractivity contribution < 1.29 is 17.9 Å². The Morgan fingerprint density at radius 2 is 1.85 bits per heavy atom. The van der Waals surface area contributed by atoms with Crippen molar-refractivity contribution in [3.63, 3.8) is 0 Å². The highest BCUT2D eigenvalue weighted by Crippen LogP contribution is 2.27. The molecule has 2 aromatic carbocycles. The summed E-state index contributed by atoms with van der Waals surface area (Å²) in [6.45, 7) is 2.79. The van der Waals surface area contributed by atoms with Crippen LogP contribution >= 0.6 is 11.6 Å². The lowest BCUT2D eigenvalue weighted by Gasteiger charge is -2.26. The molecule has 1 N–H and O–H groups in total. The predicted molar refractivity (Wildman–Crippen MR) is 126 cm³/mol. The first-order valence-electron chi connectivity index (χ1n) is 10.5. The highest BCUT2D eigenvalue weighted by Gasteiger charge is 2.27. The van der Waals surface area contributed by atoms with Crippen LogP contribution in [0, 0.1) is 6.92 Å². The second-order valence-corrected chi connectivity index (χ2v) is 10.0. The maximum Gasteiger partial charge on any atom is 0.345 e. The van der Waals surface area contributed by atoms with Crippen LogP contribution in [0.4, 0.5) is 11.5 Å². The van der Waals surface area contributed by atoms with Crippen LogP contribution in [-0.2, 0) is 10.0 Å². The van der Waals surface area contributed by atoms with Crippen molar-refractivity contribution >= 4 is 39.1 Å². The lowest BCUT2D eigenvalue weighted by Crippen LogP contribution is -2.35. The highest BCUT2D eigenvalue weighted by molar-refractivity contribution is 7.89. The summed E-state index contributed by atoms with van der Waals surface area (Å²) >= 11 is 6.21. The van der Waals surface area contributed by atoms with E-state index < -0.39 is 16.0 Å². The molecule has 0 unspecified atom stereocenters. The van der Waals surface area contributed by atoms with Crippen LogP contribution in [0.25, 0.3) is 0 Å². The quantitative estimate of drug-likeness (QED) is 0.402. The molecule has 10 heteroatoms. The van der Waals surface area contributed by atoms with Crippen molar-refractivity contribution in [3.8, 4) is 5.75 Å². The zero-order valence-electron chi connectivity index (χ0n) is 18.0. The van der Waals surface area contributed by atoms with Gasteiger partial charge in [-0.05, 0) is 50.1 Å². The first-order valence-corrected chi connectivity index (χ1v) is 12.3. The van der Waals surface area contributed by atoms with Crippen molar-refractivity contribution in [2.24, 2.45) is 0 Å². The number of esters is 1. The fourth-order valence-corrected chi connectivity index (χ4v) is 5.28. The summed E-state index contributed by atoms with van der Waals surface area (Å²) in [4.78, 5) is 21.1. The van der Waals surface area contributed by atoms with Gasteiger partial charge < -0.3 is 10.1 Å². The van der Waals surface area contributed by atoms with Gasteiger partial charge in [-0.15, -0.1) is 0 Å². The third kappa shape index (κ3) is 5.50. The van der Waals surface area contributed by atoms with Crippen molar-refractivity contribution in [1.82, 2.24) is 14.3 Å². The maximum atomic E-state index is 13.0. The fourth-order valence-electron chi connectivity index (χ4n) is 3.55. The van der Waals surface area contributed by atoms with Gasteiger partial charge in [0.05, 0.1) is 15.5 Å². The molecule has 4 rings (SSSR count). The number of carbonyl (C=O) groups is 1. The smallest absolute Gasteiger partial charge is 0.345 e. The third-order valence-electron chi connectivity index (χ3n) is 5.23. The molecule has 0 aliphatic carbocycles. The molecule has 1 saturated heterocycles. The molecule has 1 fully saturated rings.